The predicted molar refractivity (Wildman–Crippen MR) is 78.2 cm³/mol. The summed E-state index contributed by atoms with van der Waals surface area (Å²) in [6, 6.07) is 6.37. The summed E-state index contributed by atoms with van der Waals surface area (Å²) in [5.74, 6) is 0.575. The van der Waals surface area contributed by atoms with Gasteiger partial charge in [-0.05, 0) is 36.5 Å². The Morgan fingerprint density at radius 2 is 1.95 bits per heavy atom. The Bertz CT molecular complexity index is 482. The molecule has 1 aromatic carbocycles. The molecule has 2 aliphatic rings. The molecule has 1 aliphatic carbocycles. The number of hydrogen-bond acceptors (Lipinski definition) is 2. The van der Waals surface area contributed by atoms with E-state index in [2.05, 4.69) is 0 Å². The highest BCUT2D eigenvalue weighted by atomic mass is 19.1. The van der Waals surface area contributed by atoms with E-state index in [0.717, 1.165) is 5.56 Å². The van der Waals surface area contributed by atoms with Gasteiger partial charge in [0, 0.05) is 13.0 Å². The molecule has 1 unspecified atom stereocenters. The van der Waals surface area contributed by atoms with E-state index in [9.17, 15) is 9.18 Å². The minimum absolute atomic E-state index is 0.133. The van der Waals surface area contributed by atoms with Crippen molar-refractivity contribution in [3.05, 3.63) is 35.6 Å². The monoisotopic (exact) mass is 291 g/mol. The predicted octanol–water partition coefficient (Wildman–Crippen LogP) is 3.31. The molecule has 3 rings (SSSR count). The third-order valence-corrected chi connectivity index (χ3v) is 4.60. The zero-order valence-electron chi connectivity index (χ0n) is 12.3. The summed E-state index contributed by atoms with van der Waals surface area (Å²) >= 11 is 0. The molecule has 0 radical (unpaired) electrons. The molecule has 1 aromatic rings. The Morgan fingerprint density at radius 1 is 1.24 bits per heavy atom. The van der Waals surface area contributed by atoms with Gasteiger partial charge in [0.2, 0.25) is 5.91 Å². The molecule has 0 N–H and O–H groups in total. The van der Waals surface area contributed by atoms with Crippen LogP contribution in [-0.4, -0.2) is 30.5 Å². The third kappa shape index (κ3) is 3.62. The van der Waals surface area contributed by atoms with Gasteiger partial charge in [-0.1, -0.05) is 25.0 Å². The first-order valence-corrected chi connectivity index (χ1v) is 7.87. The fraction of sp³-hybridized carbons (Fsp3) is 0.588. The van der Waals surface area contributed by atoms with Gasteiger partial charge < -0.3 is 9.64 Å². The molecule has 1 aliphatic heterocycles. The highest BCUT2D eigenvalue weighted by Gasteiger charge is 2.27. The smallest absolute Gasteiger partial charge is 0.223 e. The number of halogens is 1. The number of carbonyl (C=O) groups excluding carboxylic acids is 1. The molecule has 2 fully saturated rings. The van der Waals surface area contributed by atoms with Crippen LogP contribution in [0.5, 0.6) is 0 Å². The molecule has 0 aromatic heterocycles. The highest BCUT2D eigenvalue weighted by Crippen LogP contribution is 2.29. The van der Waals surface area contributed by atoms with E-state index >= 15 is 0 Å². The van der Waals surface area contributed by atoms with E-state index in [0.29, 0.717) is 32.0 Å². The average molecular weight is 291 g/mol. The van der Waals surface area contributed by atoms with E-state index < -0.39 is 0 Å². The Hall–Kier alpha value is -1.42. The van der Waals surface area contributed by atoms with E-state index in [1.54, 1.807) is 12.1 Å². The molecule has 0 spiro atoms. The average Bonchev–Trinajstić information content (AvgIpc) is 3.01. The van der Waals surface area contributed by atoms with Crippen molar-refractivity contribution in [1.82, 2.24) is 4.90 Å². The summed E-state index contributed by atoms with van der Waals surface area (Å²) in [6.45, 7) is 1.80. The Balaban J connectivity index is 1.59. The second kappa shape index (κ2) is 6.56. The van der Waals surface area contributed by atoms with Crippen molar-refractivity contribution < 1.29 is 13.9 Å². The first-order valence-electron chi connectivity index (χ1n) is 7.87. The molecule has 21 heavy (non-hydrogen) atoms. The van der Waals surface area contributed by atoms with E-state index in [1.165, 1.54) is 37.8 Å². The minimum atomic E-state index is -0.247. The zero-order chi connectivity index (χ0) is 14.7. The van der Waals surface area contributed by atoms with Crippen molar-refractivity contribution in [3.8, 4) is 0 Å². The maximum atomic E-state index is 13.0. The standard InChI is InChI=1S/C17H22FNO2/c18-15-7-5-14(6-8-15)16-12-19(9-10-21-16)17(20)11-13-3-1-2-4-13/h5-8,13,16H,1-4,9-12H2. The van der Waals surface area contributed by atoms with Gasteiger partial charge in [-0.3, -0.25) is 4.79 Å². The van der Waals surface area contributed by atoms with Crippen LogP contribution in [0.15, 0.2) is 24.3 Å². The van der Waals surface area contributed by atoms with Crippen molar-refractivity contribution in [2.24, 2.45) is 5.92 Å². The number of carbonyl (C=O) groups is 1. The first-order chi connectivity index (χ1) is 10.2. The lowest BCUT2D eigenvalue weighted by Crippen LogP contribution is -2.42. The number of morpholine rings is 1. The SMILES string of the molecule is O=C(CC1CCCC1)N1CCOC(c2ccc(F)cc2)C1. The summed E-state index contributed by atoms with van der Waals surface area (Å²) in [5, 5.41) is 0. The van der Waals surface area contributed by atoms with Gasteiger partial charge in [0.05, 0.1) is 13.2 Å². The van der Waals surface area contributed by atoms with Crippen molar-refractivity contribution in [1.29, 1.82) is 0 Å². The van der Waals surface area contributed by atoms with Gasteiger partial charge in [-0.15, -0.1) is 0 Å². The Kier molecular flexibility index (Phi) is 4.54. The zero-order valence-corrected chi connectivity index (χ0v) is 12.3. The number of amides is 1. The topological polar surface area (TPSA) is 29.5 Å². The third-order valence-electron chi connectivity index (χ3n) is 4.60. The van der Waals surface area contributed by atoms with Crippen LogP contribution in [0.2, 0.25) is 0 Å². The Morgan fingerprint density at radius 3 is 2.67 bits per heavy atom. The lowest BCUT2D eigenvalue weighted by molar-refractivity contribution is -0.140. The largest absolute Gasteiger partial charge is 0.370 e. The van der Waals surface area contributed by atoms with Crippen LogP contribution in [-0.2, 0) is 9.53 Å². The molecule has 1 saturated carbocycles. The fourth-order valence-electron chi connectivity index (χ4n) is 3.35. The number of nitrogens with zero attached hydrogens (tertiary/aromatic N) is 1. The first kappa shape index (κ1) is 14.5. The maximum absolute atomic E-state index is 13.0. The van der Waals surface area contributed by atoms with Gasteiger partial charge in [0.25, 0.3) is 0 Å². The lowest BCUT2D eigenvalue weighted by Gasteiger charge is -2.33. The molecule has 1 amide bonds. The molecule has 3 nitrogen and oxygen atoms in total. The summed E-state index contributed by atoms with van der Waals surface area (Å²) < 4.78 is 18.7. The molecule has 114 valence electrons. The summed E-state index contributed by atoms with van der Waals surface area (Å²) in [7, 11) is 0. The van der Waals surface area contributed by atoms with Gasteiger partial charge in [0.15, 0.2) is 0 Å². The number of benzene rings is 1. The van der Waals surface area contributed by atoms with Crippen molar-refractivity contribution in [3.63, 3.8) is 0 Å². The van der Waals surface area contributed by atoms with Gasteiger partial charge in [-0.25, -0.2) is 4.39 Å². The van der Waals surface area contributed by atoms with E-state index in [4.69, 9.17) is 4.74 Å². The maximum Gasteiger partial charge on any atom is 0.223 e. The van der Waals surface area contributed by atoms with Gasteiger partial charge in [0.1, 0.15) is 11.9 Å². The van der Waals surface area contributed by atoms with Crippen molar-refractivity contribution in [2.45, 2.75) is 38.2 Å². The van der Waals surface area contributed by atoms with Crippen LogP contribution in [0, 0.1) is 11.7 Å². The molecular weight excluding hydrogens is 269 g/mol. The second-order valence-electron chi connectivity index (χ2n) is 6.11. The summed E-state index contributed by atoms with van der Waals surface area (Å²) in [4.78, 5) is 14.3. The van der Waals surface area contributed by atoms with Crippen molar-refractivity contribution in [2.75, 3.05) is 19.7 Å². The molecule has 1 saturated heterocycles. The molecule has 4 heteroatoms. The van der Waals surface area contributed by atoms with Crippen LogP contribution in [0.3, 0.4) is 0 Å². The highest BCUT2D eigenvalue weighted by molar-refractivity contribution is 5.76. The van der Waals surface area contributed by atoms with Crippen LogP contribution in [0.1, 0.15) is 43.8 Å². The van der Waals surface area contributed by atoms with Gasteiger partial charge in [-0.2, -0.15) is 0 Å². The van der Waals surface area contributed by atoms with Crippen LogP contribution < -0.4 is 0 Å². The van der Waals surface area contributed by atoms with Crippen LogP contribution >= 0.6 is 0 Å². The van der Waals surface area contributed by atoms with E-state index in [-0.39, 0.29) is 17.8 Å². The number of ether oxygens (including phenoxy) is 1. The fourth-order valence-corrected chi connectivity index (χ4v) is 3.35. The molecule has 0 bridgehead atoms. The molecule has 1 heterocycles. The van der Waals surface area contributed by atoms with Gasteiger partial charge >= 0.3 is 0 Å². The van der Waals surface area contributed by atoms with Crippen LogP contribution in [0.25, 0.3) is 0 Å². The van der Waals surface area contributed by atoms with E-state index in [1.807, 2.05) is 4.90 Å². The summed E-state index contributed by atoms with van der Waals surface area (Å²) in [6.07, 6.45) is 5.45. The number of hydrogen-bond donors (Lipinski definition) is 0. The summed E-state index contributed by atoms with van der Waals surface area (Å²) in [5.41, 5.74) is 0.940. The molecule has 1 atom stereocenters. The van der Waals surface area contributed by atoms with Crippen molar-refractivity contribution >= 4 is 5.91 Å². The normalized spacial score (nSPS) is 23.5. The minimum Gasteiger partial charge on any atom is -0.370 e. The quantitative estimate of drug-likeness (QED) is 0.855. The Labute approximate surface area is 125 Å². The van der Waals surface area contributed by atoms with Crippen LogP contribution in [0.4, 0.5) is 4.39 Å². The lowest BCUT2D eigenvalue weighted by atomic mass is 10.0. The number of rotatable bonds is 3. The molecular formula is C17H22FNO2. The second-order valence-corrected chi connectivity index (χ2v) is 6.11.